The minimum Gasteiger partial charge on any atom is -0.496 e. The van der Waals surface area contributed by atoms with Gasteiger partial charge in [0.05, 0.1) is 15.6 Å². The van der Waals surface area contributed by atoms with E-state index in [9.17, 15) is 8.42 Å². The summed E-state index contributed by atoms with van der Waals surface area (Å²) in [4.78, 5) is 0.232. The Balaban J connectivity index is 2.21. The Morgan fingerprint density at radius 2 is 1.68 bits per heavy atom. The molecule has 25 heavy (non-hydrogen) atoms. The Morgan fingerprint density at radius 1 is 1.08 bits per heavy atom. The van der Waals surface area contributed by atoms with E-state index in [2.05, 4.69) is 60.2 Å². The molecule has 136 valence electrons. The molecule has 0 radical (unpaired) electrons. The maximum Gasteiger partial charge on any atom is 0.241 e. The molecule has 0 unspecified atom stereocenters. The molecule has 6 heteroatoms. The first kappa shape index (κ1) is 20.2. The van der Waals surface area contributed by atoms with Crippen LogP contribution in [-0.2, 0) is 15.4 Å². The van der Waals surface area contributed by atoms with Crippen LogP contribution >= 0.6 is 22.6 Å². The zero-order valence-corrected chi connectivity index (χ0v) is 18.1. The van der Waals surface area contributed by atoms with Crippen molar-refractivity contribution in [3.05, 3.63) is 57.2 Å². The van der Waals surface area contributed by atoms with E-state index in [1.54, 1.807) is 25.3 Å². The first-order valence-corrected chi connectivity index (χ1v) is 10.6. The number of sulfonamides is 1. The van der Waals surface area contributed by atoms with Gasteiger partial charge in [-0.1, -0.05) is 45.0 Å². The number of nitrogens with one attached hydrogen (secondary N) is 1. The molecule has 2 rings (SSSR count). The summed E-state index contributed by atoms with van der Waals surface area (Å²) < 4.78 is 34.0. The maximum absolute atomic E-state index is 12.6. The van der Waals surface area contributed by atoms with Gasteiger partial charge in [-0.15, -0.1) is 0 Å². The van der Waals surface area contributed by atoms with Crippen LogP contribution in [0.2, 0.25) is 0 Å². The van der Waals surface area contributed by atoms with Crippen LogP contribution in [-0.4, -0.2) is 15.5 Å². The largest absolute Gasteiger partial charge is 0.496 e. The monoisotopic (exact) mass is 473 g/mol. The second-order valence-electron chi connectivity index (χ2n) is 7.01. The number of ether oxygens (including phenoxy) is 1. The lowest BCUT2D eigenvalue weighted by Gasteiger charge is -2.21. The molecule has 1 N–H and O–H groups in total. The van der Waals surface area contributed by atoms with E-state index < -0.39 is 10.0 Å². The number of hydrogen-bond donors (Lipinski definition) is 1. The summed E-state index contributed by atoms with van der Waals surface area (Å²) in [7, 11) is -2.04. The number of rotatable bonds is 5. The van der Waals surface area contributed by atoms with Gasteiger partial charge in [0.25, 0.3) is 0 Å². The average molecular weight is 473 g/mol. The van der Waals surface area contributed by atoms with Gasteiger partial charge in [0.2, 0.25) is 10.0 Å². The topological polar surface area (TPSA) is 55.4 Å². The Kier molecular flexibility index (Phi) is 6.17. The van der Waals surface area contributed by atoms with Crippen molar-refractivity contribution in [1.82, 2.24) is 4.72 Å². The van der Waals surface area contributed by atoms with Crippen molar-refractivity contribution in [2.24, 2.45) is 0 Å². The molecule has 0 spiro atoms. The Hall–Kier alpha value is -1.12. The molecule has 0 aliphatic carbocycles. The van der Waals surface area contributed by atoms with Gasteiger partial charge in [0.15, 0.2) is 0 Å². The van der Waals surface area contributed by atoms with Crippen molar-refractivity contribution in [2.45, 2.75) is 44.0 Å². The number of hydrogen-bond acceptors (Lipinski definition) is 3. The summed E-state index contributed by atoms with van der Waals surface area (Å²) in [6.07, 6.45) is 0. The summed E-state index contributed by atoms with van der Waals surface area (Å²) in [5.41, 5.74) is 2.22. The first-order chi connectivity index (χ1) is 11.5. The number of benzene rings is 2. The fraction of sp³-hybridized carbons (Fsp3) is 0.368. The highest BCUT2D eigenvalue weighted by Gasteiger charge is 2.20. The highest BCUT2D eigenvalue weighted by atomic mass is 127. The molecular weight excluding hydrogens is 449 g/mol. The van der Waals surface area contributed by atoms with Crippen LogP contribution < -0.4 is 9.46 Å². The predicted molar refractivity (Wildman–Crippen MR) is 110 cm³/mol. The molecule has 1 atom stereocenters. The van der Waals surface area contributed by atoms with E-state index in [0.29, 0.717) is 5.75 Å². The fourth-order valence-corrected chi connectivity index (χ4v) is 4.66. The fourth-order valence-electron chi connectivity index (χ4n) is 2.45. The Labute approximate surface area is 164 Å². The minimum atomic E-state index is -3.60. The maximum atomic E-state index is 12.6. The van der Waals surface area contributed by atoms with Crippen LogP contribution in [0.25, 0.3) is 0 Å². The van der Waals surface area contributed by atoms with Crippen LogP contribution in [0.15, 0.2) is 47.4 Å². The normalized spacial score (nSPS) is 13.5. The lowest BCUT2D eigenvalue weighted by Crippen LogP contribution is -2.27. The van der Waals surface area contributed by atoms with Crippen molar-refractivity contribution in [1.29, 1.82) is 0 Å². The van der Waals surface area contributed by atoms with Crippen LogP contribution in [0.1, 0.15) is 44.9 Å². The van der Waals surface area contributed by atoms with Crippen LogP contribution in [0.5, 0.6) is 5.75 Å². The van der Waals surface area contributed by atoms with Gasteiger partial charge in [-0.25, -0.2) is 13.1 Å². The van der Waals surface area contributed by atoms with Gasteiger partial charge in [-0.3, -0.25) is 0 Å². The molecule has 0 bridgehead atoms. The summed E-state index contributed by atoms with van der Waals surface area (Å²) in [5.74, 6) is 0.658. The number of halogens is 1. The molecule has 0 saturated heterocycles. The standard InChI is InChI=1S/C19H24INO3S/c1-13(14-6-8-15(9-7-14)19(2,3)4)21-25(22,23)16-10-11-18(24-5)17(20)12-16/h6-13,21H,1-5H3/t13-/m1/s1. The average Bonchev–Trinajstić information content (AvgIpc) is 2.53. The third-order valence-corrected chi connectivity index (χ3v) is 6.42. The van der Waals surface area contributed by atoms with E-state index in [1.165, 1.54) is 5.56 Å². The van der Waals surface area contributed by atoms with E-state index in [-0.39, 0.29) is 16.4 Å². The molecule has 0 saturated carbocycles. The van der Waals surface area contributed by atoms with Crippen molar-refractivity contribution in [2.75, 3.05) is 7.11 Å². The lowest BCUT2D eigenvalue weighted by atomic mass is 9.86. The zero-order chi connectivity index (χ0) is 18.8. The molecular formula is C19H24INO3S. The van der Waals surface area contributed by atoms with Crippen molar-refractivity contribution in [3.8, 4) is 5.75 Å². The Bertz CT molecular complexity index is 840. The van der Waals surface area contributed by atoms with Crippen LogP contribution in [0.3, 0.4) is 0 Å². The van der Waals surface area contributed by atoms with E-state index in [0.717, 1.165) is 9.13 Å². The van der Waals surface area contributed by atoms with Gasteiger partial charge in [-0.05, 0) is 64.3 Å². The highest BCUT2D eigenvalue weighted by Crippen LogP contribution is 2.26. The third kappa shape index (κ3) is 4.95. The third-order valence-electron chi connectivity index (χ3n) is 4.04. The van der Waals surface area contributed by atoms with Crippen LogP contribution in [0.4, 0.5) is 0 Å². The molecule has 4 nitrogen and oxygen atoms in total. The lowest BCUT2D eigenvalue weighted by molar-refractivity contribution is 0.411. The minimum absolute atomic E-state index is 0.0705. The van der Waals surface area contributed by atoms with E-state index in [1.807, 2.05) is 19.1 Å². The SMILES string of the molecule is COc1ccc(S(=O)(=O)N[C@H](C)c2ccc(C(C)(C)C)cc2)cc1I. The quantitative estimate of drug-likeness (QED) is 0.644. The second kappa shape index (κ2) is 7.63. The highest BCUT2D eigenvalue weighted by molar-refractivity contribution is 14.1. The smallest absolute Gasteiger partial charge is 0.241 e. The summed E-state index contributed by atoms with van der Waals surface area (Å²) in [5, 5.41) is 0. The van der Waals surface area contributed by atoms with Crippen molar-refractivity contribution in [3.63, 3.8) is 0 Å². The van der Waals surface area contributed by atoms with E-state index >= 15 is 0 Å². The van der Waals surface area contributed by atoms with Gasteiger partial charge in [0, 0.05) is 6.04 Å². The summed E-state index contributed by atoms with van der Waals surface area (Å²) in [6, 6.07) is 12.6. The zero-order valence-electron chi connectivity index (χ0n) is 15.1. The van der Waals surface area contributed by atoms with Gasteiger partial charge in [0.1, 0.15) is 5.75 Å². The van der Waals surface area contributed by atoms with Gasteiger partial charge >= 0.3 is 0 Å². The summed E-state index contributed by atoms with van der Waals surface area (Å²) >= 11 is 2.06. The molecule has 2 aromatic carbocycles. The number of methoxy groups -OCH3 is 1. The molecule has 0 fully saturated rings. The second-order valence-corrected chi connectivity index (χ2v) is 9.89. The van der Waals surface area contributed by atoms with Gasteiger partial charge in [-0.2, -0.15) is 0 Å². The van der Waals surface area contributed by atoms with Crippen LogP contribution in [0, 0.1) is 3.57 Å². The molecule has 0 amide bonds. The predicted octanol–water partition coefficient (Wildman–Crippen LogP) is 4.64. The molecule has 0 heterocycles. The van der Waals surface area contributed by atoms with Crippen molar-refractivity contribution < 1.29 is 13.2 Å². The summed E-state index contributed by atoms with van der Waals surface area (Å²) in [6.45, 7) is 8.30. The van der Waals surface area contributed by atoms with Gasteiger partial charge < -0.3 is 4.74 Å². The molecule has 0 aliphatic heterocycles. The molecule has 2 aromatic rings. The van der Waals surface area contributed by atoms with Crippen molar-refractivity contribution >= 4 is 32.6 Å². The molecule has 0 aliphatic rings. The first-order valence-electron chi connectivity index (χ1n) is 8.01. The molecule has 0 aromatic heterocycles. The Morgan fingerprint density at radius 3 is 2.16 bits per heavy atom. The van der Waals surface area contributed by atoms with E-state index in [4.69, 9.17) is 4.74 Å².